The number of benzene rings is 2. The molecule has 0 radical (unpaired) electrons. The second kappa shape index (κ2) is 5.80. The summed E-state index contributed by atoms with van der Waals surface area (Å²) < 4.78 is 2.30. The summed E-state index contributed by atoms with van der Waals surface area (Å²) in [6, 6.07) is 15.2. The van der Waals surface area contributed by atoms with E-state index in [1.165, 1.54) is 33.5 Å². The van der Waals surface area contributed by atoms with Gasteiger partial charge >= 0.3 is 0 Å². The molecule has 0 fully saturated rings. The topological polar surface area (TPSA) is 17.8 Å². The van der Waals surface area contributed by atoms with Crippen LogP contribution < -0.4 is 0 Å². The van der Waals surface area contributed by atoms with Gasteiger partial charge < -0.3 is 4.57 Å². The van der Waals surface area contributed by atoms with Gasteiger partial charge in [0, 0.05) is 24.0 Å². The predicted molar refractivity (Wildman–Crippen MR) is 92.2 cm³/mol. The van der Waals surface area contributed by atoms with Gasteiger partial charge in [0.05, 0.1) is 0 Å². The number of aryl methyl sites for hydroxylation is 4. The Morgan fingerprint density at radius 1 is 0.864 bits per heavy atom. The molecule has 0 amide bonds. The lowest BCUT2D eigenvalue weighted by atomic mass is 10.1. The quantitative estimate of drug-likeness (QED) is 0.675. The molecular formula is C20H22N2. The Morgan fingerprint density at radius 3 is 2.27 bits per heavy atom. The molecule has 2 nitrogen and oxygen atoms in total. The van der Waals surface area contributed by atoms with Crippen LogP contribution in [0.2, 0.25) is 0 Å². The van der Waals surface area contributed by atoms with E-state index in [0.717, 1.165) is 12.4 Å². The lowest BCUT2D eigenvalue weighted by Crippen LogP contribution is -2.06. The van der Waals surface area contributed by atoms with E-state index in [-0.39, 0.29) is 0 Å². The highest BCUT2D eigenvalue weighted by molar-refractivity contribution is 5.57. The Balaban J connectivity index is 2.02. The third-order valence-electron chi connectivity index (χ3n) is 4.20. The first-order valence-electron chi connectivity index (χ1n) is 7.70. The van der Waals surface area contributed by atoms with Gasteiger partial charge in [-0.2, -0.15) is 0 Å². The van der Waals surface area contributed by atoms with Gasteiger partial charge in [0.25, 0.3) is 0 Å². The Bertz CT molecular complexity index is 795. The third kappa shape index (κ3) is 2.82. The van der Waals surface area contributed by atoms with Gasteiger partial charge in [0.15, 0.2) is 0 Å². The van der Waals surface area contributed by atoms with Gasteiger partial charge in [-0.3, -0.25) is 0 Å². The fourth-order valence-corrected chi connectivity index (χ4v) is 2.73. The molecule has 1 heterocycles. The minimum atomic E-state index is 0.864. The lowest BCUT2D eigenvalue weighted by Gasteiger charge is -2.13. The van der Waals surface area contributed by atoms with E-state index in [1.54, 1.807) is 0 Å². The van der Waals surface area contributed by atoms with Gasteiger partial charge in [0.2, 0.25) is 0 Å². The van der Waals surface area contributed by atoms with Crippen molar-refractivity contribution in [2.24, 2.45) is 0 Å². The summed E-state index contributed by atoms with van der Waals surface area (Å²) in [6.45, 7) is 9.41. The van der Waals surface area contributed by atoms with E-state index < -0.39 is 0 Å². The first-order chi connectivity index (χ1) is 10.5. The van der Waals surface area contributed by atoms with Crippen LogP contribution >= 0.6 is 0 Å². The minimum absolute atomic E-state index is 0.864. The highest BCUT2D eigenvalue weighted by Gasteiger charge is 2.11. The summed E-state index contributed by atoms with van der Waals surface area (Å²) in [5.74, 6) is 1.04. The van der Waals surface area contributed by atoms with Crippen molar-refractivity contribution in [1.29, 1.82) is 0 Å². The Morgan fingerprint density at radius 2 is 1.55 bits per heavy atom. The van der Waals surface area contributed by atoms with Crippen molar-refractivity contribution in [2.45, 2.75) is 34.2 Å². The molecule has 0 spiro atoms. The number of rotatable bonds is 3. The molecular weight excluding hydrogens is 268 g/mol. The summed E-state index contributed by atoms with van der Waals surface area (Å²) in [4.78, 5) is 4.63. The van der Waals surface area contributed by atoms with E-state index in [2.05, 4.69) is 79.7 Å². The molecule has 0 unspecified atom stereocenters. The van der Waals surface area contributed by atoms with Crippen molar-refractivity contribution in [3.63, 3.8) is 0 Å². The van der Waals surface area contributed by atoms with Crippen molar-refractivity contribution >= 4 is 0 Å². The van der Waals surface area contributed by atoms with E-state index >= 15 is 0 Å². The lowest BCUT2D eigenvalue weighted by molar-refractivity contribution is 0.774. The molecule has 112 valence electrons. The molecule has 3 rings (SSSR count). The second-order valence-corrected chi connectivity index (χ2v) is 6.11. The summed E-state index contributed by atoms with van der Waals surface area (Å²) in [7, 11) is 0. The number of hydrogen-bond donors (Lipinski definition) is 0. The molecule has 0 N–H and O–H groups in total. The highest BCUT2D eigenvalue weighted by atomic mass is 15.1. The molecule has 3 aromatic rings. The van der Waals surface area contributed by atoms with E-state index in [9.17, 15) is 0 Å². The first kappa shape index (κ1) is 14.6. The van der Waals surface area contributed by atoms with Gasteiger partial charge in [0.1, 0.15) is 5.82 Å². The summed E-state index contributed by atoms with van der Waals surface area (Å²) in [5.41, 5.74) is 7.62. The minimum Gasteiger partial charge on any atom is -0.324 e. The summed E-state index contributed by atoms with van der Waals surface area (Å²) >= 11 is 0. The molecule has 2 aromatic carbocycles. The number of hydrogen-bond acceptors (Lipinski definition) is 1. The average Bonchev–Trinajstić information content (AvgIpc) is 2.85. The maximum atomic E-state index is 4.63. The molecule has 1 aromatic heterocycles. The number of imidazole rings is 1. The maximum Gasteiger partial charge on any atom is 0.140 e. The molecule has 0 saturated heterocycles. The van der Waals surface area contributed by atoms with E-state index in [0.29, 0.717) is 0 Å². The molecule has 0 saturated carbocycles. The Kier molecular flexibility index (Phi) is 3.84. The monoisotopic (exact) mass is 290 g/mol. The van der Waals surface area contributed by atoms with Crippen LogP contribution in [0.3, 0.4) is 0 Å². The van der Waals surface area contributed by atoms with Crippen LogP contribution in [0.1, 0.15) is 27.9 Å². The normalized spacial score (nSPS) is 10.9. The second-order valence-electron chi connectivity index (χ2n) is 6.11. The molecule has 22 heavy (non-hydrogen) atoms. The fourth-order valence-electron chi connectivity index (χ4n) is 2.73. The Labute approximate surface area is 132 Å². The van der Waals surface area contributed by atoms with Crippen LogP contribution in [0, 0.1) is 27.7 Å². The molecule has 2 heteroatoms. The van der Waals surface area contributed by atoms with Crippen molar-refractivity contribution in [1.82, 2.24) is 9.55 Å². The third-order valence-corrected chi connectivity index (χ3v) is 4.20. The molecule has 0 aliphatic rings. The van der Waals surface area contributed by atoms with E-state index in [1.807, 2.05) is 6.20 Å². The van der Waals surface area contributed by atoms with Gasteiger partial charge in [-0.25, -0.2) is 4.98 Å². The van der Waals surface area contributed by atoms with Crippen LogP contribution in [-0.4, -0.2) is 9.55 Å². The maximum absolute atomic E-state index is 4.63. The fraction of sp³-hybridized carbons (Fsp3) is 0.250. The predicted octanol–water partition coefficient (Wildman–Crippen LogP) is 4.83. The average molecular weight is 290 g/mol. The standard InChI is InChI=1S/C20H22N2/c1-14-6-9-18(10-7-14)20-21-12-17(4)22(20)13-19-11-15(2)5-8-16(19)3/h5-12H,13H2,1-4H3. The van der Waals surface area contributed by atoms with Crippen LogP contribution in [0.15, 0.2) is 48.7 Å². The zero-order valence-corrected chi connectivity index (χ0v) is 13.7. The van der Waals surface area contributed by atoms with Crippen LogP contribution in [-0.2, 0) is 6.54 Å². The number of nitrogens with zero attached hydrogens (tertiary/aromatic N) is 2. The highest BCUT2D eigenvalue weighted by Crippen LogP contribution is 2.22. The van der Waals surface area contributed by atoms with Crippen molar-refractivity contribution in [3.05, 3.63) is 76.6 Å². The van der Waals surface area contributed by atoms with Gasteiger partial charge in [-0.05, 0) is 38.8 Å². The zero-order valence-electron chi connectivity index (χ0n) is 13.7. The largest absolute Gasteiger partial charge is 0.324 e. The molecule has 0 aliphatic heterocycles. The molecule has 0 aliphatic carbocycles. The first-order valence-corrected chi connectivity index (χ1v) is 7.70. The van der Waals surface area contributed by atoms with Gasteiger partial charge in [-0.1, -0.05) is 53.6 Å². The van der Waals surface area contributed by atoms with Crippen LogP contribution in [0.25, 0.3) is 11.4 Å². The summed E-state index contributed by atoms with van der Waals surface area (Å²) in [6.07, 6.45) is 1.96. The van der Waals surface area contributed by atoms with Crippen LogP contribution in [0.4, 0.5) is 0 Å². The van der Waals surface area contributed by atoms with Crippen LogP contribution in [0.5, 0.6) is 0 Å². The van der Waals surface area contributed by atoms with Crippen molar-refractivity contribution in [3.8, 4) is 11.4 Å². The zero-order chi connectivity index (χ0) is 15.7. The Hall–Kier alpha value is -2.35. The van der Waals surface area contributed by atoms with Crippen molar-refractivity contribution in [2.75, 3.05) is 0 Å². The SMILES string of the molecule is Cc1ccc(-c2ncc(C)n2Cc2cc(C)ccc2C)cc1. The molecule has 0 bridgehead atoms. The van der Waals surface area contributed by atoms with Gasteiger partial charge in [-0.15, -0.1) is 0 Å². The smallest absolute Gasteiger partial charge is 0.140 e. The van der Waals surface area contributed by atoms with E-state index in [4.69, 9.17) is 0 Å². The molecule has 0 atom stereocenters. The number of aromatic nitrogens is 2. The summed E-state index contributed by atoms with van der Waals surface area (Å²) in [5, 5.41) is 0. The van der Waals surface area contributed by atoms with Crippen molar-refractivity contribution < 1.29 is 0 Å².